The Hall–Kier alpha value is -3.15. The third-order valence-electron chi connectivity index (χ3n) is 5.07. The number of carbonyl (C=O) groups is 2. The van der Waals surface area contributed by atoms with Crippen molar-refractivity contribution in [3.05, 3.63) is 66.1 Å². The number of para-hydroxylation sites is 1. The van der Waals surface area contributed by atoms with Gasteiger partial charge in [0.1, 0.15) is 5.69 Å². The number of hydrogen-bond donors (Lipinski definition) is 1. The summed E-state index contributed by atoms with van der Waals surface area (Å²) in [5.41, 5.74) is 2.32. The standard InChI is InChI=1S/C21H22N4O2/c1-22-20(26)11-15-12-24-10-4-6-17(24)14-25(13-15)21(27)19-9-8-16-5-2-3-7-18(16)23-19/h2-10,15H,11-14H2,1H3,(H,22,26)/t15-/m1/s1. The lowest BCUT2D eigenvalue weighted by atomic mass is 10.0. The molecule has 1 aliphatic heterocycles. The van der Waals surface area contributed by atoms with Gasteiger partial charge in [-0.25, -0.2) is 4.98 Å². The summed E-state index contributed by atoms with van der Waals surface area (Å²) in [5, 5.41) is 3.69. The van der Waals surface area contributed by atoms with E-state index < -0.39 is 0 Å². The van der Waals surface area contributed by atoms with E-state index in [-0.39, 0.29) is 17.7 Å². The van der Waals surface area contributed by atoms with Crippen molar-refractivity contribution in [3.63, 3.8) is 0 Å². The zero-order valence-corrected chi connectivity index (χ0v) is 15.3. The summed E-state index contributed by atoms with van der Waals surface area (Å²) >= 11 is 0. The van der Waals surface area contributed by atoms with E-state index in [1.165, 1.54) is 0 Å². The van der Waals surface area contributed by atoms with Gasteiger partial charge in [0.05, 0.1) is 12.1 Å². The maximum atomic E-state index is 13.2. The molecule has 2 aromatic heterocycles. The molecule has 0 aliphatic carbocycles. The number of nitrogens with zero attached hydrogens (tertiary/aromatic N) is 3. The first kappa shape index (κ1) is 17.3. The van der Waals surface area contributed by atoms with E-state index in [9.17, 15) is 9.59 Å². The van der Waals surface area contributed by atoms with Crippen molar-refractivity contribution in [2.45, 2.75) is 19.5 Å². The van der Waals surface area contributed by atoms with Crippen LogP contribution in [0.15, 0.2) is 54.7 Å². The topological polar surface area (TPSA) is 67.2 Å². The normalized spacial score (nSPS) is 16.6. The quantitative estimate of drug-likeness (QED) is 0.778. The lowest BCUT2D eigenvalue weighted by Crippen LogP contribution is -2.36. The molecule has 27 heavy (non-hydrogen) atoms. The maximum Gasteiger partial charge on any atom is 0.272 e. The SMILES string of the molecule is CNC(=O)C[C@H]1CN(C(=O)c2ccc3ccccc3n2)Cc2cccn2C1. The van der Waals surface area contributed by atoms with Gasteiger partial charge in [-0.3, -0.25) is 9.59 Å². The molecule has 6 nitrogen and oxygen atoms in total. The first-order valence-electron chi connectivity index (χ1n) is 9.13. The number of nitrogens with one attached hydrogen (secondary N) is 1. The van der Waals surface area contributed by atoms with Crippen LogP contribution in [0.3, 0.4) is 0 Å². The largest absolute Gasteiger partial charge is 0.359 e. The number of rotatable bonds is 3. The Labute approximate surface area is 157 Å². The Morgan fingerprint density at radius 3 is 2.81 bits per heavy atom. The number of benzene rings is 1. The lowest BCUT2D eigenvalue weighted by Gasteiger charge is -2.23. The van der Waals surface area contributed by atoms with Crippen molar-refractivity contribution in [1.29, 1.82) is 0 Å². The molecule has 3 aromatic rings. The van der Waals surface area contributed by atoms with Crippen molar-refractivity contribution in [2.75, 3.05) is 13.6 Å². The number of carbonyl (C=O) groups excluding carboxylic acids is 2. The molecule has 0 saturated carbocycles. The molecule has 6 heteroatoms. The Balaban J connectivity index is 1.63. The fourth-order valence-corrected chi connectivity index (χ4v) is 3.67. The van der Waals surface area contributed by atoms with Crippen molar-refractivity contribution >= 4 is 22.7 Å². The lowest BCUT2D eigenvalue weighted by molar-refractivity contribution is -0.121. The summed E-state index contributed by atoms with van der Waals surface area (Å²) in [6.07, 6.45) is 2.40. The molecule has 138 valence electrons. The highest BCUT2D eigenvalue weighted by atomic mass is 16.2. The van der Waals surface area contributed by atoms with E-state index in [1.807, 2.05) is 53.6 Å². The Kier molecular flexibility index (Phi) is 4.62. The summed E-state index contributed by atoms with van der Waals surface area (Å²) < 4.78 is 2.13. The molecule has 1 N–H and O–H groups in total. The molecule has 1 aliphatic rings. The van der Waals surface area contributed by atoms with E-state index >= 15 is 0 Å². The molecule has 0 bridgehead atoms. The van der Waals surface area contributed by atoms with Crippen LogP contribution < -0.4 is 5.32 Å². The highest BCUT2D eigenvalue weighted by molar-refractivity contribution is 5.95. The number of aromatic nitrogens is 2. The zero-order chi connectivity index (χ0) is 18.8. The average molecular weight is 362 g/mol. The van der Waals surface area contributed by atoms with Crippen LogP contribution in [0, 0.1) is 5.92 Å². The molecule has 1 atom stereocenters. The number of pyridine rings is 1. The number of amides is 2. The Bertz CT molecular complexity index is 995. The van der Waals surface area contributed by atoms with E-state index in [1.54, 1.807) is 13.1 Å². The van der Waals surface area contributed by atoms with E-state index in [4.69, 9.17) is 0 Å². The second-order valence-electron chi connectivity index (χ2n) is 6.97. The summed E-state index contributed by atoms with van der Waals surface area (Å²) in [7, 11) is 1.64. The smallest absolute Gasteiger partial charge is 0.272 e. The second kappa shape index (κ2) is 7.23. The van der Waals surface area contributed by atoms with Crippen molar-refractivity contribution in [3.8, 4) is 0 Å². The molecular formula is C21H22N4O2. The monoisotopic (exact) mass is 362 g/mol. The van der Waals surface area contributed by atoms with Gasteiger partial charge >= 0.3 is 0 Å². The van der Waals surface area contributed by atoms with Crippen LogP contribution in [-0.2, 0) is 17.9 Å². The summed E-state index contributed by atoms with van der Waals surface area (Å²) in [4.78, 5) is 31.4. The van der Waals surface area contributed by atoms with Gasteiger partial charge in [-0.2, -0.15) is 0 Å². The second-order valence-corrected chi connectivity index (χ2v) is 6.97. The number of hydrogen-bond acceptors (Lipinski definition) is 3. The van der Waals surface area contributed by atoms with E-state index in [2.05, 4.69) is 14.9 Å². The van der Waals surface area contributed by atoms with Gasteiger partial charge in [-0.15, -0.1) is 0 Å². The van der Waals surface area contributed by atoms with Crippen LogP contribution in [-0.4, -0.2) is 39.9 Å². The molecule has 0 saturated heterocycles. The fourth-order valence-electron chi connectivity index (χ4n) is 3.67. The predicted octanol–water partition coefficient (Wildman–Crippen LogP) is 2.44. The van der Waals surface area contributed by atoms with E-state index in [0.29, 0.717) is 25.2 Å². The summed E-state index contributed by atoms with van der Waals surface area (Å²) in [5.74, 6) is -0.0489. The van der Waals surface area contributed by atoms with Gasteiger partial charge in [0.25, 0.3) is 5.91 Å². The molecule has 0 radical (unpaired) electrons. The minimum atomic E-state index is -0.0997. The summed E-state index contributed by atoms with van der Waals surface area (Å²) in [6.45, 7) is 1.78. The highest BCUT2D eigenvalue weighted by Gasteiger charge is 2.27. The molecule has 0 unspecified atom stereocenters. The van der Waals surface area contributed by atoms with Crippen LogP contribution >= 0.6 is 0 Å². The van der Waals surface area contributed by atoms with Crippen molar-refractivity contribution in [2.24, 2.45) is 5.92 Å². The summed E-state index contributed by atoms with van der Waals surface area (Å²) in [6, 6.07) is 15.5. The van der Waals surface area contributed by atoms with Crippen molar-refractivity contribution in [1.82, 2.24) is 19.8 Å². The minimum Gasteiger partial charge on any atom is -0.359 e. The zero-order valence-electron chi connectivity index (χ0n) is 15.3. The van der Waals surface area contributed by atoms with Gasteiger partial charge in [0.15, 0.2) is 0 Å². The Morgan fingerprint density at radius 1 is 1.11 bits per heavy atom. The molecule has 0 fully saturated rings. The highest BCUT2D eigenvalue weighted by Crippen LogP contribution is 2.22. The number of fused-ring (bicyclic) bond motifs is 2. The predicted molar refractivity (Wildman–Crippen MR) is 103 cm³/mol. The molecule has 1 aromatic carbocycles. The Morgan fingerprint density at radius 2 is 1.96 bits per heavy atom. The van der Waals surface area contributed by atoms with Crippen molar-refractivity contribution < 1.29 is 9.59 Å². The van der Waals surface area contributed by atoms with Crippen LogP contribution in [0.4, 0.5) is 0 Å². The fraction of sp³-hybridized carbons (Fsp3) is 0.286. The minimum absolute atomic E-state index is 0.00756. The van der Waals surface area contributed by atoms with Gasteiger partial charge in [0, 0.05) is 49.8 Å². The van der Waals surface area contributed by atoms with Crippen LogP contribution in [0.5, 0.6) is 0 Å². The third-order valence-corrected chi connectivity index (χ3v) is 5.07. The molecular weight excluding hydrogens is 340 g/mol. The molecule has 3 heterocycles. The van der Waals surface area contributed by atoms with Gasteiger partial charge < -0.3 is 14.8 Å². The van der Waals surface area contributed by atoms with Gasteiger partial charge in [-0.1, -0.05) is 24.3 Å². The maximum absolute atomic E-state index is 13.2. The molecule has 2 amide bonds. The van der Waals surface area contributed by atoms with Gasteiger partial charge in [-0.05, 0) is 24.3 Å². The third kappa shape index (κ3) is 3.56. The average Bonchev–Trinajstić information content (AvgIpc) is 3.05. The van der Waals surface area contributed by atoms with Crippen LogP contribution in [0.1, 0.15) is 22.6 Å². The van der Waals surface area contributed by atoms with E-state index in [0.717, 1.165) is 23.1 Å². The van der Waals surface area contributed by atoms with Crippen LogP contribution in [0.25, 0.3) is 10.9 Å². The first-order valence-corrected chi connectivity index (χ1v) is 9.13. The molecule has 0 spiro atoms. The first-order chi connectivity index (χ1) is 13.1. The van der Waals surface area contributed by atoms with Crippen LogP contribution in [0.2, 0.25) is 0 Å². The van der Waals surface area contributed by atoms with Gasteiger partial charge in [0.2, 0.25) is 5.91 Å². The molecule has 4 rings (SSSR count).